The maximum atomic E-state index is 12.7. The van der Waals surface area contributed by atoms with E-state index in [1.54, 1.807) is 61.8 Å². The van der Waals surface area contributed by atoms with E-state index in [1.165, 1.54) is 16.4 Å². The molecule has 0 radical (unpaired) electrons. The normalized spacial score (nSPS) is 11.1. The predicted molar refractivity (Wildman–Crippen MR) is 114 cm³/mol. The van der Waals surface area contributed by atoms with Crippen LogP contribution in [0.3, 0.4) is 0 Å². The Morgan fingerprint density at radius 2 is 1.86 bits per heavy atom. The molecule has 2 N–H and O–H groups in total. The van der Waals surface area contributed by atoms with Crippen molar-refractivity contribution in [2.75, 3.05) is 4.72 Å². The Morgan fingerprint density at radius 3 is 2.52 bits per heavy atom. The molecule has 29 heavy (non-hydrogen) atoms. The summed E-state index contributed by atoms with van der Waals surface area (Å²) >= 11 is 1.18. The molecule has 1 heterocycles. The number of nitrogens with one attached hydrogen (secondary N) is 2. The van der Waals surface area contributed by atoms with Gasteiger partial charge in [0.25, 0.3) is 15.9 Å². The molecular formula is C20H20N4O3S2. The first-order valence-electron chi connectivity index (χ1n) is 8.61. The van der Waals surface area contributed by atoms with Gasteiger partial charge in [-0.15, -0.1) is 0 Å². The Hall–Kier alpha value is -3.04. The van der Waals surface area contributed by atoms with Crippen molar-refractivity contribution < 1.29 is 13.2 Å². The van der Waals surface area contributed by atoms with Gasteiger partial charge >= 0.3 is 0 Å². The molecule has 0 aliphatic carbocycles. The number of hydrogen-bond donors (Lipinski definition) is 2. The largest absolute Gasteiger partial charge is 0.315 e. The lowest BCUT2D eigenvalue weighted by Gasteiger charge is -2.12. The minimum absolute atomic E-state index is 0.123. The molecule has 3 rings (SSSR count). The molecule has 150 valence electrons. The summed E-state index contributed by atoms with van der Waals surface area (Å²) in [7, 11) is -2.02. The number of benzene rings is 2. The monoisotopic (exact) mass is 428 g/mol. The van der Waals surface area contributed by atoms with Gasteiger partial charge < -0.3 is 5.32 Å². The first-order valence-corrected chi connectivity index (χ1v) is 10.9. The summed E-state index contributed by atoms with van der Waals surface area (Å²) in [4.78, 5) is 13.0. The van der Waals surface area contributed by atoms with E-state index in [1.807, 2.05) is 13.0 Å². The van der Waals surface area contributed by atoms with Crippen molar-refractivity contribution in [3.8, 4) is 0 Å². The fraction of sp³-hybridized carbons (Fsp3) is 0.100. The number of thioether (sulfide) groups is 1. The van der Waals surface area contributed by atoms with Crippen LogP contribution in [-0.4, -0.2) is 24.1 Å². The van der Waals surface area contributed by atoms with E-state index in [0.29, 0.717) is 15.6 Å². The maximum Gasteiger partial charge on any atom is 0.276 e. The number of amides is 1. The van der Waals surface area contributed by atoms with Crippen LogP contribution >= 0.6 is 11.8 Å². The van der Waals surface area contributed by atoms with E-state index in [2.05, 4.69) is 21.7 Å². The summed E-state index contributed by atoms with van der Waals surface area (Å²) in [6.45, 7) is 5.71. The molecule has 7 nitrogen and oxygen atoms in total. The number of rotatable bonds is 7. The lowest BCUT2D eigenvalue weighted by Crippen LogP contribution is -2.21. The standard InChI is InChI=1S/C20H20N4O3S2/c1-14-9-10-17(29(26,27)23-16-7-5-4-6-8-16)13-19(14)28-15(2)21-20(25)18-11-12-24(3)22-18/h4-13,23H,2H2,1,3H3,(H,21,25). The molecule has 0 fully saturated rings. The van der Waals surface area contributed by atoms with E-state index in [9.17, 15) is 13.2 Å². The minimum atomic E-state index is -3.74. The molecule has 0 saturated heterocycles. The molecule has 9 heteroatoms. The number of aryl methyl sites for hydroxylation is 2. The first-order chi connectivity index (χ1) is 13.7. The van der Waals surface area contributed by atoms with Crippen molar-refractivity contribution in [1.29, 1.82) is 0 Å². The number of sulfonamides is 1. The lowest BCUT2D eigenvalue weighted by atomic mass is 10.2. The Balaban J connectivity index is 1.75. The molecule has 0 atom stereocenters. The third-order valence-electron chi connectivity index (χ3n) is 3.93. The van der Waals surface area contributed by atoms with Crippen LogP contribution in [0.25, 0.3) is 0 Å². The van der Waals surface area contributed by atoms with Gasteiger partial charge in [0.15, 0.2) is 5.69 Å². The molecule has 0 bridgehead atoms. The van der Waals surface area contributed by atoms with Crippen LogP contribution in [-0.2, 0) is 17.1 Å². The maximum absolute atomic E-state index is 12.7. The van der Waals surface area contributed by atoms with Crippen molar-refractivity contribution in [3.05, 3.63) is 83.7 Å². The van der Waals surface area contributed by atoms with Gasteiger partial charge in [-0.25, -0.2) is 8.42 Å². The molecule has 0 aliphatic heterocycles. The summed E-state index contributed by atoms with van der Waals surface area (Å²) in [5.74, 6) is -0.379. The van der Waals surface area contributed by atoms with Gasteiger partial charge in [-0.05, 0) is 42.8 Å². The Labute approximate surface area is 173 Å². The number of anilines is 1. The average Bonchev–Trinajstić information content (AvgIpc) is 3.10. The van der Waals surface area contributed by atoms with Gasteiger partial charge in [0.1, 0.15) is 0 Å². The zero-order chi connectivity index (χ0) is 21.0. The minimum Gasteiger partial charge on any atom is -0.315 e. The van der Waals surface area contributed by atoms with Crippen molar-refractivity contribution in [2.45, 2.75) is 16.7 Å². The SMILES string of the molecule is C=C(NC(=O)c1ccn(C)n1)Sc1cc(S(=O)(=O)Nc2ccccc2)ccc1C. The highest BCUT2D eigenvalue weighted by molar-refractivity contribution is 8.03. The van der Waals surface area contributed by atoms with Gasteiger partial charge in [-0.3, -0.25) is 14.2 Å². The number of carbonyl (C=O) groups is 1. The van der Waals surface area contributed by atoms with E-state index < -0.39 is 10.0 Å². The third-order valence-corrected chi connectivity index (χ3v) is 6.32. The quantitative estimate of drug-likeness (QED) is 0.562. The second-order valence-corrected chi connectivity index (χ2v) is 9.07. The second-order valence-electron chi connectivity index (χ2n) is 6.25. The van der Waals surface area contributed by atoms with Crippen LogP contribution in [0.2, 0.25) is 0 Å². The highest BCUT2D eigenvalue weighted by Gasteiger charge is 2.17. The molecule has 2 aromatic carbocycles. The summed E-state index contributed by atoms with van der Waals surface area (Å²) in [5.41, 5.74) is 1.62. The lowest BCUT2D eigenvalue weighted by molar-refractivity contribution is 0.0963. The van der Waals surface area contributed by atoms with Crippen molar-refractivity contribution in [3.63, 3.8) is 0 Å². The fourth-order valence-electron chi connectivity index (χ4n) is 2.46. The summed E-state index contributed by atoms with van der Waals surface area (Å²) < 4.78 is 29.5. The summed E-state index contributed by atoms with van der Waals surface area (Å²) in [6.07, 6.45) is 1.67. The highest BCUT2D eigenvalue weighted by Crippen LogP contribution is 2.30. The fourth-order valence-corrected chi connectivity index (χ4v) is 4.45. The van der Waals surface area contributed by atoms with E-state index >= 15 is 0 Å². The van der Waals surface area contributed by atoms with E-state index in [4.69, 9.17) is 0 Å². The molecule has 0 spiro atoms. The Kier molecular flexibility index (Phi) is 6.09. The zero-order valence-corrected chi connectivity index (χ0v) is 17.5. The number of hydrogen-bond acceptors (Lipinski definition) is 5. The van der Waals surface area contributed by atoms with Crippen molar-refractivity contribution >= 4 is 33.4 Å². The number of carbonyl (C=O) groups excluding carboxylic acids is 1. The zero-order valence-electron chi connectivity index (χ0n) is 15.9. The number of aromatic nitrogens is 2. The molecule has 1 aromatic heterocycles. The Morgan fingerprint density at radius 1 is 1.14 bits per heavy atom. The van der Waals surface area contributed by atoms with Gasteiger partial charge in [0.05, 0.1) is 9.92 Å². The van der Waals surface area contributed by atoms with Gasteiger partial charge in [-0.1, -0.05) is 42.6 Å². The smallest absolute Gasteiger partial charge is 0.276 e. The molecule has 0 aliphatic rings. The van der Waals surface area contributed by atoms with Crippen molar-refractivity contribution in [1.82, 2.24) is 15.1 Å². The van der Waals surface area contributed by atoms with Crippen LogP contribution < -0.4 is 10.0 Å². The van der Waals surface area contributed by atoms with Crippen LogP contribution in [0.4, 0.5) is 5.69 Å². The Bertz CT molecular complexity index is 1160. The second kappa shape index (κ2) is 8.54. The first kappa shape index (κ1) is 20.7. The van der Waals surface area contributed by atoms with Gasteiger partial charge in [0, 0.05) is 23.8 Å². The van der Waals surface area contributed by atoms with E-state index in [-0.39, 0.29) is 16.5 Å². The summed E-state index contributed by atoms with van der Waals surface area (Å²) in [6, 6.07) is 15.1. The van der Waals surface area contributed by atoms with Crippen LogP contribution in [0.1, 0.15) is 16.1 Å². The topological polar surface area (TPSA) is 93.1 Å². The summed E-state index contributed by atoms with van der Waals surface area (Å²) in [5, 5.41) is 7.08. The average molecular weight is 429 g/mol. The third kappa shape index (κ3) is 5.27. The van der Waals surface area contributed by atoms with Gasteiger partial charge in [-0.2, -0.15) is 5.10 Å². The molecule has 1 amide bonds. The number of nitrogens with zero attached hydrogens (tertiary/aromatic N) is 2. The van der Waals surface area contributed by atoms with Crippen LogP contribution in [0.15, 0.2) is 82.2 Å². The molecule has 3 aromatic rings. The molecular weight excluding hydrogens is 408 g/mol. The molecule has 0 unspecified atom stereocenters. The van der Waals surface area contributed by atoms with Crippen LogP contribution in [0, 0.1) is 6.92 Å². The predicted octanol–water partition coefficient (Wildman–Crippen LogP) is 3.52. The van der Waals surface area contributed by atoms with Crippen molar-refractivity contribution in [2.24, 2.45) is 7.05 Å². The molecule has 0 saturated carbocycles. The van der Waals surface area contributed by atoms with Gasteiger partial charge in [0.2, 0.25) is 0 Å². The van der Waals surface area contributed by atoms with Crippen LogP contribution in [0.5, 0.6) is 0 Å². The highest BCUT2D eigenvalue weighted by atomic mass is 32.2. The van der Waals surface area contributed by atoms with E-state index in [0.717, 1.165) is 5.56 Å². The number of para-hydroxylation sites is 1.